The Morgan fingerprint density at radius 3 is 1.92 bits per heavy atom. The Bertz CT molecular complexity index is 812. The average Bonchev–Trinajstić information content (AvgIpc) is 2.71. The molecule has 1 aromatic rings. The third kappa shape index (κ3) is 3.17. The molecule has 1 aliphatic heterocycles. The molecule has 1 N–H and O–H groups in total. The molecule has 25 heavy (non-hydrogen) atoms. The smallest absolute Gasteiger partial charge is 0.387 e. The zero-order valence-electron chi connectivity index (χ0n) is 11.0. The first-order valence-corrected chi connectivity index (χ1v) is 5.96. The number of carbonyl (C=O) groups excluding carboxylic acids is 1. The number of rotatable bonds is 3. The van der Waals surface area contributed by atoms with Crippen molar-refractivity contribution in [1.82, 2.24) is 0 Å². The van der Waals surface area contributed by atoms with Crippen LogP contribution in [-0.2, 0) is 4.79 Å². The van der Waals surface area contributed by atoms with Gasteiger partial charge in [-0.05, 0) is 0 Å². The number of carbonyl (C=O) groups is 1. The Morgan fingerprint density at radius 2 is 1.52 bits per heavy atom. The van der Waals surface area contributed by atoms with Gasteiger partial charge in [0.1, 0.15) is 0 Å². The van der Waals surface area contributed by atoms with Gasteiger partial charge in [-0.15, -0.1) is 8.78 Å². The maximum absolute atomic E-state index is 13.1. The van der Waals surface area contributed by atoms with Crippen LogP contribution in [0.1, 0.15) is 0 Å². The van der Waals surface area contributed by atoms with E-state index in [9.17, 15) is 47.0 Å². The summed E-state index contributed by atoms with van der Waals surface area (Å²) in [6.45, 7) is 0. The third-order valence-electron chi connectivity index (χ3n) is 2.60. The number of halogens is 6. The van der Waals surface area contributed by atoms with E-state index in [0.29, 0.717) is 0 Å². The van der Waals surface area contributed by atoms with Gasteiger partial charge in [0.25, 0.3) is 11.5 Å². The lowest BCUT2D eigenvalue weighted by atomic mass is 10.2. The fourth-order valence-electron chi connectivity index (χ4n) is 1.73. The first-order chi connectivity index (χ1) is 11.3. The Kier molecular flexibility index (Phi) is 4.07. The molecular weight excluding hydrogens is 393 g/mol. The summed E-state index contributed by atoms with van der Waals surface area (Å²) < 4.78 is 70.8. The van der Waals surface area contributed by atoms with E-state index in [1.807, 2.05) is 0 Å². The number of fused-ring (bicyclic) bond motifs is 1. The number of nitro benzene ring substituents is 2. The van der Waals surface area contributed by atoms with Crippen LogP contribution in [0.25, 0.3) is 0 Å². The molecule has 1 aromatic carbocycles. The predicted octanol–water partition coefficient (Wildman–Crippen LogP) is 2.98. The van der Waals surface area contributed by atoms with E-state index in [2.05, 4.69) is 9.47 Å². The zero-order valence-corrected chi connectivity index (χ0v) is 11.8. The van der Waals surface area contributed by atoms with Crippen LogP contribution in [0.15, 0.2) is 0 Å². The molecule has 0 atom stereocenters. The fourth-order valence-corrected chi connectivity index (χ4v) is 2.03. The Hall–Kier alpha value is -2.97. The number of benzene rings is 1. The van der Waals surface area contributed by atoms with Crippen molar-refractivity contribution in [2.75, 3.05) is 5.32 Å². The van der Waals surface area contributed by atoms with E-state index in [1.165, 1.54) is 0 Å². The monoisotopic (exact) mass is 393 g/mol. The van der Waals surface area contributed by atoms with Gasteiger partial charge in [-0.3, -0.25) is 25.0 Å². The van der Waals surface area contributed by atoms with E-state index in [1.54, 1.807) is 0 Å². The first-order valence-electron chi connectivity index (χ1n) is 5.58. The van der Waals surface area contributed by atoms with Gasteiger partial charge in [-0.2, -0.15) is 13.2 Å². The molecule has 0 radical (unpaired) electrons. The molecule has 0 aliphatic carbocycles. The highest BCUT2D eigenvalue weighted by Gasteiger charge is 2.54. The number of amides is 1. The van der Waals surface area contributed by atoms with E-state index in [-0.39, 0.29) is 0 Å². The van der Waals surface area contributed by atoms with Gasteiger partial charge in [-0.25, -0.2) is 0 Å². The van der Waals surface area contributed by atoms with Gasteiger partial charge in [-0.1, -0.05) is 11.6 Å². The van der Waals surface area contributed by atoms with Crippen molar-refractivity contribution < 1.29 is 46.1 Å². The standard InChI is InChI=1S/C9HClF5N3O7/c10-1-2(16-7(19)8(11,12)13)4(18(22)23)6-5(3(1)17(20)21)24-9(14,15)25-6/h(H,16,19). The number of anilines is 1. The van der Waals surface area contributed by atoms with Crippen molar-refractivity contribution in [3.8, 4) is 11.5 Å². The Morgan fingerprint density at radius 1 is 1.08 bits per heavy atom. The normalized spacial score (nSPS) is 15.0. The molecule has 2 rings (SSSR count). The summed E-state index contributed by atoms with van der Waals surface area (Å²) in [5.74, 6) is -5.84. The molecule has 1 amide bonds. The highest BCUT2D eigenvalue weighted by molar-refractivity contribution is 6.37. The van der Waals surface area contributed by atoms with E-state index in [0.717, 1.165) is 5.32 Å². The lowest BCUT2D eigenvalue weighted by molar-refractivity contribution is -0.388. The van der Waals surface area contributed by atoms with E-state index < -0.39 is 61.8 Å². The molecule has 0 saturated heterocycles. The molecular formula is C9HClF5N3O7. The molecule has 0 aromatic heterocycles. The van der Waals surface area contributed by atoms with Crippen molar-refractivity contribution in [3.05, 3.63) is 25.3 Å². The number of nitrogens with one attached hydrogen (secondary N) is 1. The van der Waals surface area contributed by atoms with E-state index in [4.69, 9.17) is 11.6 Å². The maximum atomic E-state index is 13.1. The zero-order chi connectivity index (χ0) is 19.3. The SMILES string of the molecule is O=C(Nc1c(Cl)c([N+](=O)[O-])c2c(c1[N+](=O)[O-])OC(F)(F)O2)C(F)(F)F. The average molecular weight is 394 g/mol. The number of nitrogens with zero attached hydrogens (tertiary/aromatic N) is 2. The number of hydrogen-bond acceptors (Lipinski definition) is 7. The summed E-state index contributed by atoms with van der Waals surface area (Å²) in [5.41, 5.74) is -4.79. The molecule has 136 valence electrons. The van der Waals surface area contributed by atoms with Crippen molar-refractivity contribution >= 4 is 34.6 Å². The molecule has 16 heteroatoms. The molecule has 1 aliphatic rings. The highest BCUT2D eigenvalue weighted by atomic mass is 35.5. The van der Waals surface area contributed by atoms with E-state index >= 15 is 0 Å². The lowest BCUT2D eigenvalue weighted by Gasteiger charge is -2.11. The number of nitro groups is 2. The first kappa shape index (κ1) is 18.4. The van der Waals surface area contributed by atoms with Crippen LogP contribution in [0, 0.1) is 20.2 Å². The van der Waals surface area contributed by atoms with Gasteiger partial charge in [0, 0.05) is 0 Å². The van der Waals surface area contributed by atoms with Crippen LogP contribution in [0.3, 0.4) is 0 Å². The predicted molar refractivity (Wildman–Crippen MR) is 65.6 cm³/mol. The van der Waals surface area contributed by atoms with Crippen LogP contribution in [-0.4, -0.2) is 28.2 Å². The largest absolute Gasteiger partial charge is 0.586 e. The molecule has 10 nitrogen and oxygen atoms in total. The molecule has 0 spiro atoms. The summed E-state index contributed by atoms with van der Waals surface area (Å²) in [7, 11) is 0. The van der Waals surface area contributed by atoms with Crippen molar-refractivity contribution in [3.63, 3.8) is 0 Å². The van der Waals surface area contributed by atoms with Gasteiger partial charge >= 0.3 is 29.8 Å². The number of hydrogen-bond donors (Lipinski definition) is 1. The quantitative estimate of drug-likeness (QED) is 0.474. The molecule has 0 saturated carbocycles. The Balaban J connectivity index is 2.80. The van der Waals surface area contributed by atoms with Gasteiger partial charge in [0.2, 0.25) is 0 Å². The van der Waals surface area contributed by atoms with Crippen LogP contribution >= 0.6 is 11.6 Å². The van der Waals surface area contributed by atoms with Crippen LogP contribution in [0.4, 0.5) is 39.0 Å². The van der Waals surface area contributed by atoms with Gasteiger partial charge in [0.05, 0.1) is 9.85 Å². The van der Waals surface area contributed by atoms with Crippen molar-refractivity contribution in [2.45, 2.75) is 12.5 Å². The minimum Gasteiger partial charge on any atom is -0.387 e. The summed E-state index contributed by atoms with van der Waals surface area (Å²) in [6.07, 6.45) is -10.2. The van der Waals surface area contributed by atoms with Gasteiger partial charge in [0.15, 0.2) is 10.7 Å². The highest BCUT2D eigenvalue weighted by Crippen LogP contribution is 2.58. The second-order valence-corrected chi connectivity index (χ2v) is 4.56. The van der Waals surface area contributed by atoms with Gasteiger partial charge < -0.3 is 14.8 Å². The molecule has 1 heterocycles. The summed E-state index contributed by atoms with van der Waals surface area (Å²) in [5, 5.41) is 21.5. The second-order valence-electron chi connectivity index (χ2n) is 4.18. The fraction of sp³-hybridized carbons (Fsp3) is 0.222. The minimum atomic E-state index is -5.56. The minimum absolute atomic E-state index is 0.930. The van der Waals surface area contributed by atoms with Crippen molar-refractivity contribution in [1.29, 1.82) is 0 Å². The lowest BCUT2D eigenvalue weighted by Crippen LogP contribution is -2.30. The van der Waals surface area contributed by atoms with Crippen LogP contribution in [0.2, 0.25) is 5.02 Å². The summed E-state index contributed by atoms with van der Waals surface area (Å²) in [4.78, 5) is 29.9. The maximum Gasteiger partial charge on any atom is 0.586 e. The number of alkyl halides is 5. The second kappa shape index (κ2) is 5.54. The van der Waals surface area contributed by atoms with Crippen LogP contribution in [0.5, 0.6) is 11.5 Å². The number of ether oxygens (including phenoxy) is 2. The molecule has 0 fully saturated rings. The molecule has 0 unspecified atom stereocenters. The van der Waals surface area contributed by atoms with Crippen molar-refractivity contribution in [2.24, 2.45) is 0 Å². The molecule has 0 bridgehead atoms. The topological polar surface area (TPSA) is 134 Å². The van der Waals surface area contributed by atoms with Crippen LogP contribution < -0.4 is 14.8 Å². The Labute approximate surface area is 136 Å². The third-order valence-corrected chi connectivity index (χ3v) is 2.97. The summed E-state index contributed by atoms with van der Waals surface area (Å²) >= 11 is 5.42. The summed E-state index contributed by atoms with van der Waals surface area (Å²) in [6, 6.07) is 0.